The van der Waals surface area contributed by atoms with Crippen molar-refractivity contribution < 1.29 is 4.79 Å². The standard InChI is InChI=1S/C18H25N5OS/c24-16(21-10-6-3-7-11-21)15-9-8-14-23(15)18-20-19-17(25-18)22-12-4-1-2-5-13-22/h8-9,14H,1-7,10-13H2. The van der Waals surface area contributed by atoms with Crippen molar-refractivity contribution in [2.45, 2.75) is 44.9 Å². The van der Waals surface area contributed by atoms with Gasteiger partial charge >= 0.3 is 0 Å². The number of carbonyl (C=O) groups excluding carboxylic acids is 1. The highest BCUT2D eigenvalue weighted by molar-refractivity contribution is 7.17. The molecular formula is C18H25N5OS. The summed E-state index contributed by atoms with van der Waals surface area (Å²) in [5, 5.41) is 10.5. The Morgan fingerprint density at radius 2 is 1.52 bits per heavy atom. The van der Waals surface area contributed by atoms with E-state index in [1.165, 1.54) is 32.1 Å². The minimum atomic E-state index is 0.108. The molecule has 2 aromatic rings. The molecule has 7 heteroatoms. The van der Waals surface area contributed by atoms with Crippen LogP contribution in [-0.2, 0) is 0 Å². The predicted molar refractivity (Wildman–Crippen MR) is 99.7 cm³/mol. The minimum absolute atomic E-state index is 0.108. The smallest absolute Gasteiger partial charge is 0.270 e. The molecule has 4 heterocycles. The summed E-state index contributed by atoms with van der Waals surface area (Å²) in [6, 6.07) is 3.81. The van der Waals surface area contributed by atoms with Crippen LogP contribution in [0.25, 0.3) is 5.13 Å². The molecule has 2 aliphatic heterocycles. The average molecular weight is 359 g/mol. The van der Waals surface area contributed by atoms with Crippen LogP contribution in [0.4, 0.5) is 5.13 Å². The molecule has 0 saturated carbocycles. The van der Waals surface area contributed by atoms with Gasteiger partial charge in [-0.1, -0.05) is 24.2 Å². The Morgan fingerprint density at radius 1 is 0.880 bits per heavy atom. The van der Waals surface area contributed by atoms with Crippen LogP contribution in [0.1, 0.15) is 55.4 Å². The van der Waals surface area contributed by atoms with Crippen LogP contribution in [0.5, 0.6) is 0 Å². The van der Waals surface area contributed by atoms with Crippen LogP contribution in [0.3, 0.4) is 0 Å². The van der Waals surface area contributed by atoms with Crippen LogP contribution in [0, 0.1) is 0 Å². The van der Waals surface area contributed by atoms with Gasteiger partial charge in [0.2, 0.25) is 10.3 Å². The van der Waals surface area contributed by atoms with E-state index in [2.05, 4.69) is 15.1 Å². The van der Waals surface area contributed by atoms with E-state index in [0.717, 1.165) is 49.3 Å². The fourth-order valence-corrected chi connectivity index (χ4v) is 4.57. The Bertz CT molecular complexity index is 711. The molecule has 2 fully saturated rings. The van der Waals surface area contributed by atoms with Crippen LogP contribution in [0.15, 0.2) is 18.3 Å². The highest BCUT2D eigenvalue weighted by atomic mass is 32.1. The van der Waals surface area contributed by atoms with E-state index in [4.69, 9.17) is 0 Å². The van der Waals surface area contributed by atoms with E-state index in [0.29, 0.717) is 5.69 Å². The average Bonchev–Trinajstić information content (AvgIpc) is 3.25. The third-order valence-corrected chi connectivity index (χ3v) is 6.08. The first-order valence-electron chi connectivity index (χ1n) is 9.38. The first-order chi connectivity index (χ1) is 12.3. The normalized spacial score (nSPS) is 19.0. The summed E-state index contributed by atoms with van der Waals surface area (Å²) in [7, 11) is 0. The molecule has 0 aromatic carbocycles. The second kappa shape index (κ2) is 7.56. The lowest BCUT2D eigenvalue weighted by atomic mass is 10.1. The molecular weight excluding hydrogens is 334 g/mol. The maximum absolute atomic E-state index is 12.9. The fraction of sp³-hybridized carbons (Fsp3) is 0.611. The van der Waals surface area contributed by atoms with Crippen molar-refractivity contribution in [3.05, 3.63) is 24.0 Å². The summed E-state index contributed by atoms with van der Waals surface area (Å²) in [6.45, 7) is 3.83. The molecule has 134 valence electrons. The van der Waals surface area contributed by atoms with Crippen molar-refractivity contribution in [2.24, 2.45) is 0 Å². The third-order valence-electron chi connectivity index (χ3n) is 5.10. The quantitative estimate of drug-likeness (QED) is 0.843. The molecule has 0 spiro atoms. The van der Waals surface area contributed by atoms with Crippen LogP contribution < -0.4 is 4.90 Å². The Labute approximate surface area is 152 Å². The highest BCUT2D eigenvalue weighted by Crippen LogP contribution is 2.27. The van der Waals surface area contributed by atoms with Crippen molar-refractivity contribution in [3.63, 3.8) is 0 Å². The highest BCUT2D eigenvalue weighted by Gasteiger charge is 2.23. The van der Waals surface area contributed by atoms with Gasteiger partial charge in [-0.3, -0.25) is 9.36 Å². The van der Waals surface area contributed by atoms with Crippen LogP contribution in [0.2, 0.25) is 0 Å². The molecule has 0 atom stereocenters. The van der Waals surface area contributed by atoms with Gasteiger partial charge < -0.3 is 9.80 Å². The number of anilines is 1. The molecule has 0 unspecified atom stereocenters. The molecule has 2 aliphatic rings. The number of amides is 1. The molecule has 2 aromatic heterocycles. The zero-order valence-electron chi connectivity index (χ0n) is 14.6. The number of aromatic nitrogens is 3. The molecule has 0 radical (unpaired) electrons. The zero-order chi connectivity index (χ0) is 17.1. The van der Waals surface area contributed by atoms with E-state index in [1.54, 1.807) is 11.3 Å². The Kier molecular flexibility index (Phi) is 5.01. The molecule has 1 amide bonds. The van der Waals surface area contributed by atoms with E-state index >= 15 is 0 Å². The number of likely N-dealkylation sites (tertiary alicyclic amines) is 1. The summed E-state index contributed by atoms with van der Waals surface area (Å²) in [4.78, 5) is 17.2. The molecule has 6 nitrogen and oxygen atoms in total. The van der Waals surface area contributed by atoms with Crippen molar-refractivity contribution in [1.29, 1.82) is 0 Å². The molecule has 25 heavy (non-hydrogen) atoms. The van der Waals surface area contributed by atoms with Gasteiger partial charge in [-0.15, -0.1) is 10.2 Å². The van der Waals surface area contributed by atoms with Crippen molar-refractivity contribution in [2.75, 3.05) is 31.1 Å². The predicted octanol–water partition coefficient (Wildman–Crippen LogP) is 3.34. The van der Waals surface area contributed by atoms with Gasteiger partial charge in [-0.05, 0) is 44.2 Å². The third kappa shape index (κ3) is 3.56. The SMILES string of the molecule is O=C(c1cccn1-c1nnc(N2CCCCCC2)s1)N1CCCCC1. The van der Waals surface area contributed by atoms with Crippen molar-refractivity contribution in [1.82, 2.24) is 19.7 Å². The first-order valence-corrected chi connectivity index (χ1v) is 10.2. The van der Waals surface area contributed by atoms with Crippen LogP contribution in [-0.4, -0.2) is 51.8 Å². The van der Waals surface area contributed by atoms with E-state index in [9.17, 15) is 4.79 Å². The zero-order valence-corrected chi connectivity index (χ0v) is 15.4. The maximum Gasteiger partial charge on any atom is 0.270 e. The molecule has 2 saturated heterocycles. The number of rotatable bonds is 3. The summed E-state index contributed by atoms with van der Waals surface area (Å²) >= 11 is 1.58. The summed E-state index contributed by atoms with van der Waals surface area (Å²) < 4.78 is 1.90. The number of nitrogens with zero attached hydrogens (tertiary/aromatic N) is 5. The molecule has 0 bridgehead atoms. The second-order valence-electron chi connectivity index (χ2n) is 6.88. The maximum atomic E-state index is 12.9. The first kappa shape index (κ1) is 16.6. The molecule has 4 rings (SSSR count). The monoisotopic (exact) mass is 359 g/mol. The Morgan fingerprint density at radius 3 is 2.28 bits per heavy atom. The van der Waals surface area contributed by atoms with E-state index in [-0.39, 0.29) is 5.91 Å². The molecule has 0 N–H and O–H groups in total. The Hall–Kier alpha value is -1.89. The Balaban J connectivity index is 1.54. The summed E-state index contributed by atoms with van der Waals surface area (Å²) in [5.74, 6) is 0.108. The second-order valence-corrected chi connectivity index (χ2v) is 7.82. The fourth-order valence-electron chi connectivity index (χ4n) is 3.68. The van der Waals surface area contributed by atoms with E-state index < -0.39 is 0 Å². The number of hydrogen-bond donors (Lipinski definition) is 0. The van der Waals surface area contributed by atoms with Crippen molar-refractivity contribution in [3.8, 4) is 5.13 Å². The lowest BCUT2D eigenvalue weighted by Crippen LogP contribution is -2.36. The molecule has 0 aliphatic carbocycles. The largest absolute Gasteiger partial charge is 0.347 e. The van der Waals surface area contributed by atoms with E-state index in [1.807, 2.05) is 27.8 Å². The van der Waals surface area contributed by atoms with Gasteiger partial charge in [0.25, 0.3) is 5.91 Å². The number of piperidine rings is 1. The van der Waals surface area contributed by atoms with Gasteiger partial charge in [0, 0.05) is 32.4 Å². The van der Waals surface area contributed by atoms with Gasteiger partial charge in [-0.2, -0.15) is 0 Å². The summed E-state index contributed by atoms with van der Waals surface area (Å²) in [5.41, 5.74) is 0.695. The van der Waals surface area contributed by atoms with Gasteiger partial charge in [0.05, 0.1) is 0 Å². The lowest BCUT2D eigenvalue weighted by Gasteiger charge is -2.26. The van der Waals surface area contributed by atoms with Crippen LogP contribution >= 0.6 is 11.3 Å². The van der Waals surface area contributed by atoms with Gasteiger partial charge in [-0.25, -0.2) is 0 Å². The topological polar surface area (TPSA) is 54.3 Å². The van der Waals surface area contributed by atoms with Gasteiger partial charge in [0.15, 0.2) is 0 Å². The number of carbonyl (C=O) groups is 1. The van der Waals surface area contributed by atoms with Crippen molar-refractivity contribution >= 4 is 22.4 Å². The number of hydrogen-bond acceptors (Lipinski definition) is 5. The van der Waals surface area contributed by atoms with Gasteiger partial charge in [0.1, 0.15) is 5.69 Å². The summed E-state index contributed by atoms with van der Waals surface area (Å²) in [6.07, 6.45) is 10.4. The minimum Gasteiger partial charge on any atom is -0.347 e. The lowest BCUT2D eigenvalue weighted by molar-refractivity contribution is 0.0716.